The smallest absolute Gasteiger partial charge is 0.264 e. The average molecular weight is 388 g/mol. The minimum atomic E-state index is 0.0736. The van der Waals surface area contributed by atoms with Crippen LogP contribution in [0.2, 0.25) is 0 Å². The summed E-state index contributed by atoms with van der Waals surface area (Å²) in [7, 11) is 0. The van der Waals surface area contributed by atoms with Crippen LogP contribution in [0.5, 0.6) is 0 Å². The number of fused-ring (bicyclic) bond motifs is 1. The molecule has 1 amide bonds. The van der Waals surface area contributed by atoms with E-state index in [4.69, 9.17) is 5.10 Å². The van der Waals surface area contributed by atoms with Gasteiger partial charge in [0.1, 0.15) is 5.82 Å². The molecule has 0 saturated carbocycles. The van der Waals surface area contributed by atoms with Crippen LogP contribution in [0.15, 0.2) is 60.2 Å². The molecule has 1 aliphatic heterocycles. The van der Waals surface area contributed by atoms with Crippen molar-refractivity contribution < 1.29 is 4.79 Å². The highest BCUT2D eigenvalue weighted by Gasteiger charge is 2.32. The molecule has 0 spiro atoms. The number of benzene rings is 1. The van der Waals surface area contributed by atoms with Gasteiger partial charge in [-0.05, 0) is 49.1 Å². The Hall–Kier alpha value is -3.12. The Morgan fingerprint density at radius 1 is 1.07 bits per heavy atom. The molecule has 140 valence electrons. The number of aryl methyl sites for hydroxylation is 2. The molecule has 3 aromatic heterocycles. The van der Waals surface area contributed by atoms with Gasteiger partial charge in [-0.1, -0.05) is 23.8 Å². The van der Waals surface area contributed by atoms with Crippen molar-refractivity contribution in [3.05, 3.63) is 87.5 Å². The summed E-state index contributed by atoms with van der Waals surface area (Å²) in [5.74, 6) is 1.08. The van der Waals surface area contributed by atoms with E-state index in [1.54, 1.807) is 0 Å². The SMILES string of the molecule is Cc1ccc(-n2nc3c(c2-n2cccc2)CN(C(=O)c2cccs2)C3)c(C)c1. The number of hydrogen-bond donors (Lipinski definition) is 0. The largest absolute Gasteiger partial charge is 0.327 e. The molecule has 0 saturated heterocycles. The van der Waals surface area contributed by atoms with Gasteiger partial charge in [-0.25, -0.2) is 4.68 Å². The Morgan fingerprint density at radius 3 is 2.61 bits per heavy atom. The maximum atomic E-state index is 12.8. The van der Waals surface area contributed by atoms with Gasteiger partial charge in [0.25, 0.3) is 5.91 Å². The standard InChI is InChI=1S/C22H20N4OS/c1-15-7-8-19(16(2)12-15)26-21(24-9-3-4-10-24)17-13-25(14-18(17)23-26)22(27)20-6-5-11-28-20/h3-12H,13-14H2,1-2H3. The van der Waals surface area contributed by atoms with Crippen molar-refractivity contribution >= 4 is 17.2 Å². The van der Waals surface area contributed by atoms with E-state index in [2.05, 4.69) is 36.6 Å². The number of rotatable bonds is 3. The lowest BCUT2D eigenvalue weighted by Gasteiger charge is -2.17. The first-order valence-corrected chi connectivity index (χ1v) is 10.1. The fourth-order valence-electron chi connectivity index (χ4n) is 3.85. The molecule has 4 heterocycles. The van der Waals surface area contributed by atoms with Crippen LogP contribution < -0.4 is 0 Å². The van der Waals surface area contributed by atoms with E-state index in [9.17, 15) is 4.79 Å². The molecule has 0 atom stereocenters. The van der Waals surface area contributed by atoms with Gasteiger partial charge < -0.3 is 9.47 Å². The fraction of sp³-hybridized carbons (Fsp3) is 0.182. The van der Waals surface area contributed by atoms with Crippen LogP contribution in [0.1, 0.15) is 32.1 Å². The van der Waals surface area contributed by atoms with E-state index in [1.807, 2.05) is 51.6 Å². The van der Waals surface area contributed by atoms with E-state index in [0.717, 1.165) is 27.6 Å². The Kier molecular flexibility index (Phi) is 3.94. The van der Waals surface area contributed by atoms with Crippen molar-refractivity contribution in [2.45, 2.75) is 26.9 Å². The molecule has 4 aromatic rings. The monoisotopic (exact) mass is 388 g/mol. The van der Waals surface area contributed by atoms with Crippen molar-refractivity contribution in [3.63, 3.8) is 0 Å². The first kappa shape index (κ1) is 17.0. The van der Waals surface area contributed by atoms with Crippen LogP contribution in [0.4, 0.5) is 0 Å². The Bertz CT molecular complexity index is 1160. The van der Waals surface area contributed by atoms with E-state index in [1.165, 1.54) is 22.5 Å². The van der Waals surface area contributed by atoms with Crippen LogP contribution in [0.25, 0.3) is 11.5 Å². The molecule has 0 N–H and O–H groups in total. The topological polar surface area (TPSA) is 43.1 Å². The molecule has 1 aliphatic rings. The highest BCUT2D eigenvalue weighted by molar-refractivity contribution is 7.12. The Balaban J connectivity index is 1.60. The molecule has 0 unspecified atom stereocenters. The summed E-state index contributed by atoms with van der Waals surface area (Å²) in [6, 6.07) is 14.2. The normalized spacial score (nSPS) is 13.1. The van der Waals surface area contributed by atoms with Gasteiger partial charge >= 0.3 is 0 Å². The predicted octanol–water partition coefficient (Wildman–Crippen LogP) is 4.50. The lowest BCUT2D eigenvalue weighted by molar-refractivity contribution is 0.0754. The second kappa shape index (κ2) is 6.49. The van der Waals surface area contributed by atoms with E-state index in [-0.39, 0.29) is 5.91 Å². The molecule has 0 bridgehead atoms. The van der Waals surface area contributed by atoms with Gasteiger partial charge in [0.2, 0.25) is 0 Å². The molecular weight excluding hydrogens is 368 g/mol. The minimum Gasteiger partial charge on any atom is -0.327 e. The zero-order valence-electron chi connectivity index (χ0n) is 15.8. The quantitative estimate of drug-likeness (QED) is 0.519. The predicted molar refractivity (Wildman–Crippen MR) is 110 cm³/mol. The van der Waals surface area contributed by atoms with Gasteiger partial charge in [0.05, 0.1) is 29.3 Å². The first-order valence-electron chi connectivity index (χ1n) is 9.26. The summed E-state index contributed by atoms with van der Waals surface area (Å²) < 4.78 is 4.11. The Labute approximate surface area is 167 Å². The van der Waals surface area contributed by atoms with Crippen LogP contribution in [-0.2, 0) is 13.1 Å². The summed E-state index contributed by atoms with van der Waals surface area (Å²) in [5, 5.41) is 6.87. The maximum Gasteiger partial charge on any atom is 0.264 e. The summed E-state index contributed by atoms with van der Waals surface area (Å²) in [6.45, 7) is 5.32. The molecule has 28 heavy (non-hydrogen) atoms. The molecule has 0 radical (unpaired) electrons. The lowest BCUT2D eigenvalue weighted by Crippen LogP contribution is -2.25. The van der Waals surface area contributed by atoms with Crippen LogP contribution >= 0.6 is 11.3 Å². The first-order chi connectivity index (χ1) is 13.6. The second-order valence-corrected chi connectivity index (χ2v) is 8.13. The minimum absolute atomic E-state index is 0.0736. The summed E-state index contributed by atoms with van der Waals surface area (Å²) in [5.41, 5.74) is 5.56. The number of carbonyl (C=O) groups is 1. The summed E-state index contributed by atoms with van der Waals surface area (Å²) >= 11 is 1.48. The van der Waals surface area contributed by atoms with Gasteiger partial charge in [-0.15, -0.1) is 11.3 Å². The van der Waals surface area contributed by atoms with Crippen molar-refractivity contribution in [1.82, 2.24) is 19.2 Å². The number of hydrogen-bond acceptors (Lipinski definition) is 3. The van der Waals surface area contributed by atoms with E-state index in [0.29, 0.717) is 13.1 Å². The number of carbonyl (C=O) groups excluding carboxylic acids is 1. The van der Waals surface area contributed by atoms with Crippen LogP contribution in [-0.4, -0.2) is 25.2 Å². The zero-order valence-corrected chi connectivity index (χ0v) is 16.6. The molecule has 1 aromatic carbocycles. The maximum absolute atomic E-state index is 12.8. The van der Waals surface area contributed by atoms with Crippen molar-refractivity contribution in [2.24, 2.45) is 0 Å². The summed E-state index contributed by atoms with van der Waals surface area (Å²) in [4.78, 5) is 15.5. The van der Waals surface area contributed by atoms with Crippen molar-refractivity contribution in [1.29, 1.82) is 0 Å². The molecule has 6 heteroatoms. The van der Waals surface area contributed by atoms with Gasteiger partial charge in [0.15, 0.2) is 0 Å². The summed E-state index contributed by atoms with van der Waals surface area (Å²) in [6.07, 6.45) is 4.06. The van der Waals surface area contributed by atoms with Crippen LogP contribution in [0.3, 0.4) is 0 Å². The molecule has 5 rings (SSSR count). The third-order valence-electron chi connectivity index (χ3n) is 5.18. The molecule has 5 nitrogen and oxygen atoms in total. The van der Waals surface area contributed by atoms with Gasteiger partial charge in [-0.2, -0.15) is 5.10 Å². The fourth-order valence-corrected chi connectivity index (χ4v) is 4.54. The third-order valence-corrected chi connectivity index (χ3v) is 6.04. The highest BCUT2D eigenvalue weighted by atomic mass is 32.1. The molecule has 0 aliphatic carbocycles. The second-order valence-electron chi connectivity index (χ2n) is 7.18. The van der Waals surface area contributed by atoms with E-state index >= 15 is 0 Å². The Morgan fingerprint density at radius 2 is 1.89 bits per heavy atom. The average Bonchev–Trinajstić information content (AvgIpc) is 3.44. The van der Waals surface area contributed by atoms with Gasteiger partial charge in [-0.3, -0.25) is 4.79 Å². The lowest BCUT2D eigenvalue weighted by atomic mass is 10.1. The van der Waals surface area contributed by atoms with Crippen molar-refractivity contribution in [3.8, 4) is 11.5 Å². The highest BCUT2D eigenvalue weighted by Crippen LogP contribution is 2.32. The van der Waals surface area contributed by atoms with Crippen LogP contribution in [0, 0.1) is 13.8 Å². The van der Waals surface area contributed by atoms with Gasteiger partial charge in [0, 0.05) is 18.0 Å². The number of nitrogens with zero attached hydrogens (tertiary/aromatic N) is 4. The zero-order chi connectivity index (χ0) is 19.3. The molecule has 0 fully saturated rings. The number of thiophene rings is 1. The van der Waals surface area contributed by atoms with Crippen molar-refractivity contribution in [2.75, 3.05) is 0 Å². The number of aromatic nitrogens is 3. The third kappa shape index (κ3) is 2.68. The number of amides is 1. The molecular formula is C22H20N4OS. The van der Waals surface area contributed by atoms with E-state index < -0.39 is 0 Å².